The van der Waals surface area contributed by atoms with Crippen molar-refractivity contribution in [3.63, 3.8) is 0 Å². The van der Waals surface area contributed by atoms with Gasteiger partial charge in [-0.05, 0) is 180 Å². The number of aromatic nitrogens is 1. The first kappa shape index (κ1) is 50.8. The van der Waals surface area contributed by atoms with Gasteiger partial charge in [-0.2, -0.15) is 0 Å². The molecule has 386 valence electrons. The van der Waals surface area contributed by atoms with Gasteiger partial charge in [0, 0.05) is 61.7 Å². The number of allylic oxidation sites excluding steroid dienone is 5. The third kappa shape index (κ3) is 9.22. The van der Waals surface area contributed by atoms with Crippen molar-refractivity contribution in [2.24, 2.45) is 11.3 Å². The van der Waals surface area contributed by atoms with Gasteiger partial charge in [0.2, 0.25) is 0 Å². The lowest BCUT2D eigenvalue weighted by molar-refractivity contribution is 0.509. The van der Waals surface area contributed by atoms with Crippen LogP contribution in [0.4, 0.5) is 39.8 Å². The van der Waals surface area contributed by atoms with E-state index in [1.54, 1.807) is 0 Å². The van der Waals surface area contributed by atoms with Gasteiger partial charge >= 0.3 is 0 Å². The Labute approximate surface area is 454 Å². The van der Waals surface area contributed by atoms with E-state index in [1.165, 1.54) is 77.8 Å². The van der Waals surface area contributed by atoms with Crippen molar-refractivity contribution >= 4 is 61.6 Å². The highest BCUT2D eigenvalue weighted by atomic mass is 15.2. The Bertz CT molecular complexity index is 3630. The summed E-state index contributed by atoms with van der Waals surface area (Å²) in [5.41, 5.74) is 22.0. The fraction of sp³-hybridized carbons (Fsp3) is 0.306. The van der Waals surface area contributed by atoms with Crippen LogP contribution in [0.1, 0.15) is 129 Å². The predicted molar refractivity (Wildman–Crippen MR) is 328 cm³/mol. The minimum atomic E-state index is -0.386. The molecule has 4 heteroatoms. The molecule has 4 nitrogen and oxygen atoms in total. The highest BCUT2D eigenvalue weighted by Gasteiger charge is 2.38. The zero-order valence-corrected chi connectivity index (χ0v) is 47.7. The third-order valence-corrected chi connectivity index (χ3v) is 16.6. The smallest absolute Gasteiger partial charge is 0.0583 e. The van der Waals surface area contributed by atoms with Crippen molar-refractivity contribution < 1.29 is 0 Å². The van der Waals surface area contributed by atoms with Crippen LogP contribution in [-0.2, 0) is 16.2 Å². The summed E-state index contributed by atoms with van der Waals surface area (Å²) < 4.78 is 2.59. The number of aryl methyl sites for hydroxylation is 2. The Morgan fingerprint density at radius 3 is 1.45 bits per heavy atom. The maximum absolute atomic E-state index is 2.65. The molecular weight excluding hydrogens is 921 g/mol. The summed E-state index contributed by atoms with van der Waals surface area (Å²) >= 11 is 0. The molecule has 1 aliphatic heterocycles. The predicted octanol–water partition coefficient (Wildman–Crippen LogP) is 20.2. The molecule has 0 amide bonds. The Balaban J connectivity index is 1.16. The summed E-state index contributed by atoms with van der Waals surface area (Å²) in [5.74, 6) is 0.501. The standard InChI is InChI=1S/C72H78N4/c1-47-15-27-53(28-16-47)73(56-33-21-50(22-34-56)69(4,5)6)59-39-41-66-62(43-59)63-44-61(75(55-31-19-49(3)20-32-55)58-37-25-52(26-38-58)71(10,11)12)46-65-68(63)76(66)67-42-40-60(45-64(67)72(65,13)14)74(54-29-17-48(2)18-30-54)57-35-23-51(24-36-57)70(7,8)9/h15-19,21-37,39-46,49,58H,20,38H2,1-14H3. The number of fused-ring (bicyclic) bond motifs is 5. The molecule has 2 aliphatic carbocycles. The molecule has 8 aromatic rings. The molecule has 0 saturated carbocycles. The number of nitrogens with zero attached hydrogens (tertiary/aromatic N) is 4. The van der Waals surface area contributed by atoms with Crippen molar-refractivity contribution in [1.82, 2.24) is 4.57 Å². The maximum Gasteiger partial charge on any atom is 0.0583 e. The molecule has 7 aromatic carbocycles. The van der Waals surface area contributed by atoms with Crippen LogP contribution < -0.4 is 14.7 Å². The van der Waals surface area contributed by atoms with E-state index in [0.29, 0.717) is 5.92 Å². The SMILES string of the molecule is Cc1ccc(N(c2ccc(C(C)(C)C)cc2)c2ccc3c(c2)C(C)(C)c2cc(N(C4=CCC(C)C=C4)C4C=CC(C(C)(C)C)=CC4)cc4c5cc(N(c6ccc(C)cc6)c6ccc(C(C)(C)C)cc6)ccc5n-3c24)cc1. The number of rotatable bonds is 9. The summed E-state index contributed by atoms with van der Waals surface area (Å²) in [6.07, 6.45) is 16.6. The molecule has 0 bridgehead atoms. The van der Waals surface area contributed by atoms with Gasteiger partial charge in [0.1, 0.15) is 0 Å². The fourth-order valence-electron chi connectivity index (χ4n) is 11.9. The molecule has 0 fully saturated rings. The molecule has 0 radical (unpaired) electrons. The van der Waals surface area contributed by atoms with Gasteiger partial charge in [-0.15, -0.1) is 0 Å². The van der Waals surface area contributed by atoms with Crippen LogP contribution in [0.25, 0.3) is 27.5 Å². The summed E-state index contributed by atoms with van der Waals surface area (Å²) in [6.45, 7) is 32.3. The van der Waals surface area contributed by atoms with E-state index >= 15 is 0 Å². The normalized spacial score (nSPS) is 17.1. The van der Waals surface area contributed by atoms with Gasteiger partial charge in [0.15, 0.2) is 0 Å². The largest absolute Gasteiger partial charge is 0.334 e. The van der Waals surface area contributed by atoms with Crippen LogP contribution >= 0.6 is 0 Å². The molecule has 0 spiro atoms. The maximum atomic E-state index is 2.65. The second-order valence-electron chi connectivity index (χ2n) is 25.8. The van der Waals surface area contributed by atoms with Gasteiger partial charge in [-0.25, -0.2) is 0 Å². The summed E-state index contributed by atoms with van der Waals surface area (Å²) in [5, 5.41) is 2.51. The minimum absolute atomic E-state index is 0.0469. The van der Waals surface area contributed by atoms with E-state index in [9.17, 15) is 0 Å². The Morgan fingerprint density at radius 2 is 0.961 bits per heavy atom. The lowest BCUT2D eigenvalue weighted by Gasteiger charge is -2.39. The Morgan fingerprint density at radius 1 is 0.474 bits per heavy atom. The lowest BCUT2D eigenvalue weighted by atomic mass is 9.74. The van der Waals surface area contributed by atoms with Crippen LogP contribution in [0.2, 0.25) is 0 Å². The second kappa shape index (κ2) is 18.8. The van der Waals surface area contributed by atoms with Gasteiger partial charge in [-0.1, -0.05) is 173 Å². The first-order valence-corrected chi connectivity index (χ1v) is 27.8. The van der Waals surface area contributed by atoms with Crippen molar-refractivity contribution in [1.29, 1.82) is 0 Å². The van der Waals surface area contributed by atoms with E-state index in [4.69, 9.17) is 0 Å². The highest BCUT2D eigenvalue weighted by molar-refractivity contribution is 6.14. The molecule has 3 aliphatic rings. The highest BCUT2D eigenvalue weighted by Crippen LogP contribution is 2.52. The first-order valence-electron chi connectivity index (χ1n) is 27.8. The molecule has 0 N–H and O–H groups in total. The van der Waals surface area contributed by atoms with Gasteiger partial charge < -0.3 is 19.3 Å². The number of hydrogen-bond acceptors (Lipinski definition) is 3. The Kier molecular flexibility index (Phi) is 12.6. The van der Waals surface area contributed by atoms with Crippen molar-refractivity contribution in [2.75, 3.05) is 14.7 Å². The molecule has 2 heterocycles. The zero-order valence-electron chi connectivity index (χ0n) is 47.7. The van der Waals surface area contributed by atoms with Crippen molar-refractivity contribution in [3.8, 4) is 5.69 Å². The second-order valence-corrected chi connectivity index (χ2v) is 25.8. The van der Waals surface area contributed by atoms with Crippen LogP contribution in [0.5, 0.6) is 0 Å². The third-order valence-electron chi connectivity index (χ3n) is 16.6. The number of hydrogen-bond donors (Lipinski definition) is 0. The summed E-state index contributed by atoms with van der Waals surface area (Å²) in [7, 11) is 0. The minimum Gasteiger partial charge on any atom is -0.334 e. The lowest BCUT2D eigenvalue weighted by Crippen LogP contribution is -2.35. The van der Waals surface area contributed by atoms with E-state index < -0.39 is 0 Å². The van der Waals surface area contributed by atoms with Gasteiger partial charge in [0.25, 0.3) is 0 Å². The molecular formula is C72H78N4. The topological polar surface area (TPSA) is 14.7 Å². The zero-order chi connectivity index (χ0) is 53.6. The number of anilines is 7. The van der Waals surface area contributed by atoms with Crippen LogP contribution in [-0.4, -0.2) is 10.6 Å². The van der Waals surface area contributed by atoms with Crippen molar-refractivity contribution in [3.05, 3.63) is 227 Å². The fourth-order valence-corrected chi connectivity index (χ4v) is 11.9. The average Bonchev–Trinajstić information content (AvgIpc) is 3.97. The quantitative estimate of drug-likeness (QED) is 0.143. The molecule has 2 atom stereocenters. The van der Waals surface area contributed by atoms with E-state index in [-0.39, 0.29) is 27.7 Å². The molecule has 2 unspecified atom stereocenters. The molecule has 0 saturated heterocycles. The molecule has 1 aromatic heterocycles. The van der Waals surface area contributed by atoms with Crippen LogP contribution in [0.3, 0.4) is 0 Å². The van der Waals surface area contributed by atoms with E-state index in [0.717, 1.165) is 47.0 Å². The number of benzene rings is 7. The van der Waals surface area contributed by atoms with Crippen molar-refractivity contribution in [2.45, 2.75) is 132 Å². The summed E-state index contributed by atoms with van der Waals surface area (Å²) in [6, 6.07) is 56.1. The average molecular weight is 999 g/mol. The van der Waals surface area contributed by atoms with Gasteiger partial charge in [-0.3, -0.25) is 0 Å². The van der Waals surface area contributed by atoms with Crippen LogP contribution in [0.15, 0.2) is 193 Å². The first-order chi connectivity index (χ1) is 36.0. The molecule has 11 rings (SSSR count). The molecule has 76 heavy (non-hydrogen) atoms. The Hall–Kier alpha value is -7.30. The van der Waals surface area contributed by atoms with E-state index in [2.05, 4.69) is 298 Å². The summed E-state index contributed by atoms with van der Waals surface area (Å²) in [4.78, 5) is 7.53. The van der Waals surface area contributed by atoms with E-state index in [1.807, 2.05) is 0 Å². The van der Waals surface area contributed by atoms with Gasteiger partial charge in [0.05, 0.1) is 22.8 Å². The van der Waals surface area contributed by atoms with Crippen LogP contribution in [0, 0.1) is 25.2 Å². The monoisotopic (exact) mass is 999 g/mol.